The predicted octanol–water partition coefficient (Wildman–Crippen LogP) is 2.63. The first-order chi connectivity index (χ1) is 8.90. The molecule has 7 heteroatoms. The van der Waals surface area contributed by atoms with Gasteiger partial charge in [-0.1, -0.05) is 11.6 Å². The molecular formula is C12H15ClN2O2S2. The van der Waals surface area contributed by atoms with Crippen LogP contribution in [0.2, 0.25) is 5.02 Å². The molecule has 104 valence electrons. The Hall–Kier alpha value is -0.740. The summed E-state index contributed by atoms with van der Waals surface area (Å²) in [5, 5.41) is 8.78. The van der Waals surface area contributed by atoms with Crippen molar-refractivity contribution in [3.63, 3.8) is 0 Å². The molecule has 0 fully saturated rings. The lowest BCUT2D eigenvalue weighted by molar-refractivity contribution is 0.557. The minimum absolute atomic E-state index is 0.00386. The molecule has 0 saturated heterocycles. The minimum Gasteiger partial charge on any atom is -0.208 e. The van der Waals surface area contributed by atoms with Gasteiger partial charge < -0.3 is 0 Å². The number of nitrogens with one attached hydrogen (secondary N) is 1. The molecule has 4 nitrogen and oxygen atoms in total. The van der Waals surface area contributed by atoms with Crippen LogP contribution in [0.15, 0.2) is 23.1 Å². The first-order valence-corrected chi connectivity index (χ1v) is 8.87. The smallest absolute Gasteiger partial charge is 0.208 e. The molecule has 19 heavy (non-hydrogen) atoms. The first-order valence-electron chi connectivity index (χ1n) is 5.61. The van der Waals surface area contributed by atoms with Gasteiger partial charge in [0.25, 0.3) is 0 Å². The summed E-state index contributed by atoms with van der Waals surface area (Å²) in [7, 11) is -3.65. The Balaban J connectivity index is 2.92. The zero-order chi connectivity index (χ0) is 14.5. The van der Waals surface area contributed by atoms with Crippen LogP contribution in [0.5, 0.6) is 0 Å². The van der Waals surface area contributed by atoms with Crippen LogP contribution in [0.4, 0.5) is 0 Å². The maximum absolute atomic E-state index is 12.1. The van der Waals surface area contributed by atoms with Crippen LogP contribution in [0.3, 0.4) is 0 Å². The molecule has 0 aliphatic carbocycles. The van der Waals surface area contributed by atoms with Crippen molar-refractivity contribution in [1.29, 1.82) is 5.26 Å². The second-order valence-corrected chi connectivity index (χ2v) is 7.14. The number of benzene rings is 1. The van der Waals surface area contributed by atoms with E-state index in [0.717, 1.165) is 12.2 Å². The second-order valence-electron chi connectivity index (χ2n) is 4.06. The van der Waals surface area contributed by atoms with Crippen molar-refractivity contribution in [2.75, 3.05) is 12.0 Å². The fraction of sp³-hybridized carbons (Fsp3) is 0.417. The van der Waals surface area contributed by atoms with Crippen LogP contribution in [0.25, 0.3) is 0 Å². The number of thioether (sulfide) groups is 1. The Morgan fingerprint density at radius 2 is 2.21 bits per heavy atom. The van der Waals surface area contributed by atoms with E-state index in [0.29, 0.717) is 5.56 Å². The van der Waals surface area contributed by atoms with Crippen LogP contribution in [-0.4, -0.2) is 26.5 Å². The Morgan fingerprint density at radius 3 is 2.74 bits per heavy atom. The third kappa shape index (κ3) is 4.69. The highest BCUT2D eigenvalue weighted by Crippen LogP contribution is 2.22. The number of hydrogen-bond donors (Lipinski definition) is 1. The molecule has 0 radical (unpaired) electrons. The van der Waals surface area contributed by atoms with Gasteiger partial charge in [0, 0.05) is 6.04 Å². The number of sulfonamides is 1. The molecular weight excluding hydrogens is 304 g/mol. The van der Waals surface area contributed by atoms with Gasteiger partial charge >= 0.3 is 0 Å². The lowest BCUT2D eigenvalue weighted by Gasteiger charge is -2.14. The van der Waals surface area contributed by atoms with Crippen LogP contribution in [0, 0.1) is 11.3 Å². The number of nitriles is 1. The highest BCUT2D eigenvalue weighted by molar-refractivity contribution is 7.98. The van der Waals surface area contributed by atoms with E-state index in [1.165, 1.54) is 18.2 Å². The predicted molar refractivity (Wildman–Crippen MR) is 78.9 cm³/mol. The van der Waals surface area contributed by atoms with Gasteiger partial charge in [-0.15, -0.1) is 0 Å². The Labute approximate surface area is 123 Å². The van der Waals surface area contributed by atoms with Crippen molar-refractivity contribution >= 4 is 33.4 Å². The van der Waals surface area contributed by atoms with Gasteiger partial charge in [-0.05, 0) is 43.6 Å². The summed E-state index contributed by atoms with van der Waals surface area (Å²) >= 11 is 7.57. The topological polar surface area (TPSA) is 70.0 Å². The maximum Gasteiger partial charge on any atom is 0.242 e. The van der Waals surface area contributed by atoms with E-state index in [-0.39, 0.29) is 16.0 Å². The van der Waals surface area contributed by atoms with E-state index in [1.807, 2.05) is 19.2 Å². The Bertz CT molecular complexity index is 582. The molecule has 0 heterocycles. The fourth-order valence-corrected chi connectivity index (χ4v) is 3.88. The summed E-state index contributed by atoms with van der Waals surface area (Å²) < 4.78 is 26.9. The second kappa shape index (κ2) is 7.15. The summed E-state index contributed by atoms with van der Waals surface area (Å²) in [5.74, 6) is 0.880. The first kappa shape index (κ1) is 16.3. The summed E-state index contributed by atoms with van der Waals surface area (Å²) in [6, 6.07) is 5.89. The molecule has 0 bridgehead atoms. The molecule has 0 aliphatic heterocycles. The highest BCUT2D eigenvalue weighted by Gasteiger charge is 2.20. The molecule has 1 N–H and O–H groups in total. The molecule has 0 saturated carbocycles. The summed E-state index contributed by atoms with van der Waals surface area (Å²) in [6.07, 6.45) is 2.72. The van der Waals surface area contributed by atoms with E-state index in [2.05, 4.69) is 4.72 Å². The van der Waals surface area contributed by atoms with Crippen molar-refractivity contribution in [2.45, 2.75) is 24.3 Å². The number of rotatable bonds is 6. The monoisotopic (exact) mass is 318 g/mol. The molecule has 0 spiro atoms. The minimum atomic E-state index is -3.65. The Kier molecular flexibility index (Phi) is 6.14. The van der Waals surface area contributed by atoms with E-state index >= 15 is 0 Å². The van der Waals surface area contributed by atoms with Crippen LogP contribution in [-0.2, 0) is 10.0 Å². The van der Waals surface area contributed by atoms with E-state index in [9.17, 15) is 8.42 Å². The number of halogens is 1. The molecule has 1 rings (SSSR count). The van der Waals surface area contributed by atoms with Crippen molar-refractivity contribution < 1.29 is 8.42 Å². The van der Waals surface area contributed by atoms with Crippen molar-refractivity contribution in [2.24, 2.45) is 0 Å². The summed E-state index contributed by atoms with van der Waals surface area (Å²) in [6.45, 7) is 1.81. The molecule has 1 aromatic carbocycles. The van der Waals surface area contributed by atoms with Gasteiger partial charge in [-0.3, -0.25) is 0 Å². The highest BCUT2D eigenvalue weighted by atomic mass is 35.5. The fourth-order valence-electron chi connectivity index (χ4n) is 1.47. The number of nitrogens with zero attached hydrogens (tertiary/aromatic N) is 1. The maximum atomic E-state index is 12.1. The molecule has 1 aromatic rings. The van der Waals surface area contributed by atoms with E-state index < -0.39 is 10.0 Å². The van der Waals surface area contributed by atoms with Gasteiger partial charge in [-0.2, -0.15) is 17.0 Å². The van der Waals surface area contributed by atoms with Crippen LogP contribution >= 0.6 is 23.4 Å². The van der Waals surface area contributed by atoms with E-state index in [4.69, 9.17) is 16.9 Å². The van der Waals surface area contributed by atoms with Crippen LogP contribution < -0.4 is 4.72 Å². The molecule has 1 atom stereocenters. The van der Waals surface area contributed by atoms with Gasteiger partial charge in [-0.25, -0.2) is 13.1 Å². The van der Waals surface area contributed by atoms with Gasteiger partial charge in [0.2, 0.25) is 10.0 Å². The quantitative estimate of drug-likeness (QED) is 0.875. The third-order valence-corrected chi connectivity index (χ3v) is 5.18. The molecule has 1 unspecified atom stereocenters. The molecule has 0 aromatic heterocycles. The molecule has 0 aliphatic rings. The normalized spacial score (nSPS) is 12.9. The largest absolute Gasteiger partial charge is 0.242 e. The zero-order valence-corrected chi connectivity index (χ0v) is 13.1. The summed E-state index contributed by atoms with van der Waals surface area (Å²) in [4.78, 5) is 0.00386. The van der Waals surface area contributed by atoms with Crippen molar-refractivity contribution in [1.82, 2.24) is 4.72 Å². The SMILES string of the molecule is CSCCC(C)NS(=O)(=O)c1ccc(C#N)cc1Cl. The van der Waals surface area contributed by atoms with Crippen LogP contribution in [0.1, 0.15) is 18.9 Å². The Morgan fingerprint density at radius 1 is 1.53 bits per heavy atom. The van der Waals surface area contributed by atoms with Gasteiger partial charge in [0.15, 0.2) is 0 Å². The standard InChI is InChI=1S/C12H15ClN2O2S2/c1-9(5-6-18-2)15-19(16,17)12-4-3-10(8-14)7-11(12)13/h3-4,7,9,15H,5-6H2,1-2H3. The average Bonchev–Trinajstić information content (AvgIpc) is 2.35. The van der Waals surface area contributed by atoms with Gasteiger partial charge in [0.05, 0.1) is 16.7 Å². The zero-order valence-electron chi connectivity index (χ0n) is 10.7. The van der Waals surface area contributed by atoms with Crippen molar-refractivity contribution in [3.8, 4) is 6.07 Å². The molecule has 0 amide bonds. The summed E-state index contributed by atoms with van der Waals surface area (Å²) in [5.41, 5.74) is 0.333. The van der Waals surface area contributed by atoms with Gasteiger partial charge in [0.1, 0.15) is 4.90 Å². The van der Waals surface area contributed by atoms with Crippen molar-refractivity contribution in [3.05, 3.63) is 28.8 Å². The lowest BCUT2D eigenvalue weighted by atomic mass is 10.2. The lowest BCUT2D eigenvalue weighted by Crippen LogP contribution is -2.33. The number of hydrogen-bond acceptors (Lipinski definition) is 4. The third-order valence-electron chi connectivity index (χ3n) is 2.46. The van der Waals surface area contributed by atoms with E-state index in [1.54, 1.807) is 11.8 Å². The average molecular weight is 319 g/mol.